The standard InChI is InChI=1S/C24H23NO3/c1-28-21-11-3-2-6-15(21)7-4-10-20(27)23-18-14-24(18)13-17-16(12-22(24)25-23)8-5-9-19(17)26/h2-6,9-11,18,23H,7-8,12-14H2,1H3/b10-4+. The number of ether oxygens (including phenoxy) is 1. The number of hydrogen-bond acceptors (Lipinski definition) is 4. The number of para-hydroxylation sites is 1. The van der Waals surface area contributed by atoms with Gasteiger partial charge in [-0.25, -0.2) is 0 Å². The van der Waals surface area contributed by atoms with Crippen LogP contribution >= 0.6 is 0 Å². The maximum Gasteiger partial charge on any atom is 0.181 e. The first kappa shape index (κ1) is 17.4. The zero-order chi connectivity index (χ0) is 19.3. The Hall–Kier alpha value is -2.75. The van der Waals surface area contributed by atoms with Crippen molar-refractivity contribution in [3.05, 3.63) is 65.3 Å². The average Bonchev–Trinajstić information content (AvgIpc) is 3.33. The van der Waals surface area contributed by atoms with Crippen molar-refractivity contribution in [2.24, 2.45) is 16.3 Å². The van der Waals surface area contributed by atoms with Gasteiger partial charge in [-0.1, -0.05) is 35.9 Å². The first-order valence-electron chi connectivity index (χ1n) is 9.93. The van der Waals surface area contributed by atoms with E-state index in [1.54, 1.807) is 19.3 Å². The van der Waals surface area contributed by atoms with E-state index in [4.69, 9.17) is 9.73 Å². The molecule has 0 N–H and O–H groups in total. The second kappa shape index (κ2) is 6.40. The number of methoxy groups -OCH3 is 1. The van der Waals surface area contributed by atoms with E-state index in [0.717, 1.165) is 48.3 Å². The van der Waals surface area contributed by atoms with E-state index in [2.05, 4.69) is 0 Å². The lowest BCUT2D eigenvalue weighted by atomic mass is 9.75. The van der Waals surface area contributed by atoms with Gasteiger partial charge in [0.1, 0.15) is 11.8 Å². The SMILES string of the molecule is COc1ccccc1C/C=C/C(=O)C1N=C2CC3=C(CC24CC14)C(=O)C=CC3. The van der Waals surface area contributed by atoms with E-state index in [-0.39, 0.29) is 28.9 Å². The molecule has 1 aromatic rings. The average molecular weight is 373 g/mol. The summed E-state index contributed by atoms with van der Waals surface area (Å²) >= 11 is 0. The van der Waals surface area contributed by atoms with Crippen molar-refractivity contribution < 1.29 is 14.3 Å². The Morgan fingerprint density at radius 1 is 1.36 bits per heavy atom. The molecule has 28 heavy (non-hydrogen) atoms. The van der Waals surface area contributed by atoms with Gasteiger partial charge in [0.25, 0.3) is 0 Å². The molecule has 0 amide bonds. The zero-order valence-electron chi connectivity index (χ0n) is 16.0. The maximum absolute atomic E-state index is 12.8. The molecular formula is C24H23NO3. The first-order valence-corrected chi connectivity index (χ1v) is 9.93. The molecule has 0 saturated heterocycles. The molecule has 4 heteroatoms. The molecule has 5 rings (SSSR count). The number of benzene rings is 1. The number of hydrogen-bond donors (Lipinski definition) is 0. The molecule has 0 bridgehead atoms. The molecule has 4 nitrogen and oxygen atoms in total. The van der Waals surface area contributed by atoms with Gasteiger partial charge in [0, 0.05) is 29.0 Å². The Kier molecular flexibility index (Phi) is 3.97. The van der Waals surface area contributed by atoms with E-state index in [1.807, 2.05) is 36.4 Å². The molecule has 1 fully saturated rings. The Balaban J connectivity index is 1.29. The van der Waals surface area contributed by atoms with Gasteiger partial charge in [0.2, 0.25) is 0 Å². The number of ketones is 2. The second-order valence-corrected chi connectivity index (χ2v) is 8.21. The van der Waals surface area contributed by atoms with E-state index in [1.165, 1.54) is 5.57 Å². The molecule has 3 aliphatic carbocycles. The normalized spacial score (nSPS) is 30.0. The molecule has 3 atom stereocenters. The lowest BCUT2D eigenvalue weighted by Gasteiger charge is -2.28. The quantitative estimate of drug-likeness (QED) is 0.738. The van der Waals surface area contributed by atoms with Crippen molar-refractivity contribution in [3.63, 3.8) is 0 Å². The summed E-state index contributed by atoms with van der Waals surface area (Å²) in [6, 6.07) is 7.58. The molecule has 0 radical (unpaired) electrons. The molecule has 1 heterocycles. The van der Waals surface area contributed by atoms with Crippen molar-refractivity contribution in [1.29, 1.82) is 0 Å². The van der Waals surface area contributed by atoms with Gasteiger partial charge < -0.3 is 4.74 Å². The van der Waals surface area contributed by atoms with Gasteiger partial charge in [0.05, 0.1) is 7.11 Å². The molecule has 1 saturated carbocycles. The number of aliphatic imine (C=N–C) groups is 1. The third kappa shape index (κ3) is 2.62. The Labute approximate surface area is 164 Å². The summed E-state index contributed by atoms with van der Waals surface area (Å²) in [6.07, 6.45) is 11.3. The molecule has 1 aromatic carbocycles. The summed E-state index contributed by atoms with van der Waals surface area (Å²) in [4.78, 5) is 29.9. The fraction of sp³-hybridized carbons (Fsp3) is 0.375. The van der Waals surface area contributed by atoms with Crippen LogP contribution in [0.2, 0.25) is 0 Å². The number of carbonyl (C=O) groups is 2. The van der Waals surface area contributed by atoms with Crippen LogP contribution in [0.4, 0.5) is 0 Å². The molecule has 4 aliphatic rings. The summed E-state index contributed by atoms with van der Waals surface area (Å²) in [6.45, 7) is 0. The molecule has 1 aliphatic heterocycles. The predicted octanol–water partition coefficient (Wildman–Crippen LogP) is 3.81. The lowest BCUT2D eigenvalue weighted by Crippen LogP contribution is -2.26. The van der Waals surface area contributed by atoms with Crippen LogP contribution in [-0.4, -0.2) is 30.4 Å². The fourth-order valence-corrected chi connectivity index (χ4v) is 5.14. The molecule has 142 valence electrons. The van der Waals surface area contributed by atoms with Crippen LogP contribution in [0.5, 0.6) is 5.75 Å². The van der Waals surface area contributed by atoms with E-state index in [9.17, 15) is 9.59 Å². The summed E-state index contributed by atoms with van der Waals surface area (Å²) in [5, 5.41) is 0. The maximum atomic E-state index is 12.8. The summed E-state index contributed by atoms with van der Waals surface area (Å²) in [7, 11) is 1.66. The number of carbonyl (C=O) groups excluding carboxylic acids is 2. The van der Waals surface area contributed by atoms with Gasteiger partial charge in [0.15, 0.2) is 11.6 Å². The lowest BCUT2D eigenvalue weighted by molar-refractivity contribution is -0.116. The minimum Gasteiger partial charge on any atom is -0.496 e. The summed E-state index contributed by atoms with van der Waals surface area (Å²) in [5.41, 5.74) is 4.42. The first-order chi connectivity index (χ1) is 13.6. The minimum absolute atomic E-state index is 0.00348. The van der Waals surface area contributed by atoms with Gasteiger partial charge in [-0.05, 0) is 49.5 Å². The highest BCUT2D eigenvalue weighted by Crippen LogP contribution is 2.66. The largest absolute Gasteiger partial charge is 0.496 e. The fourth-order valence-electron chi connectivity index (χ4n) is 5.14. The highest BCUT2D eigenvalue weighted by Gasteiger charge is 2.67. The van der Waals surface area contributed by atoms with Crippen molar-refractivity contribution >= 4 is 17.3 Å². The Morgan fingerprint density at radius 2 is 2.21 bits per heavy atom. The van der Waals surface area contributed by atoms with Crippen molar-refractivity contribution in [2.75, 3.05) is 7.11 Å². The molecule has 1 spiro atoms. The van der Waals surface area contributed by atoms with Crippen LogP contribution in [-0.2, 0) is 16.0 Å². The topological polar surface area (TPSA) is 55.7 Å². The van der Waals surface area contributed by atoms with Gasteiger partial charge in [-0.15, -0.1) is 0 Å². The number of nitrogens with zero attached hydrogens (tertiary/aromatic N) is 1. The number of rotatable bonds is 5. The van der Waals surface area contributed by atoms with E-state index in [0.29, 0.717) is 6.42 Å². The zero-order valence-corrected chi connectivity index (χ0v) is 16.0. The van der Waals surface area contributed by atoms with Crippen LogP contribution in [0, 0.1) is 11.3 Å². The third-order valence-electron chi connectivity index (χ3n) is 6.72. The van der Waals surface area contributed by atoms with Gasteiger partial charge in [-0.2, -0.15) is 0 Å². The van der Waals surface area contributed by atoms with Crippen LogP contribution in [0.15, 0.2) is 64.7 Å². The molecular weight excluding hydrogens is 350 g/mol. The Morgan fingerprint density at radius 3 is 3.07 bits per heavy atom. The summed E-state index contributed by atoms with van der Waals surface area (Å²) in [5.74, 6) is 1.36. The van der Waals surface area contributed by atoms with E-state index >= 15 is 0 Å². The van der Waals surface area contributed by atoms with Gasteiger partial charge in [-0.3, -0.25) is 14.6 Å². The second-order valence-electron chi connectivity index (χ2n) is 8.21. The highest BCUT2D eigenvalue weighted by molar-refractivity contribution is 6.12. The Bertz CT molecular complexity index is 997. The van der Waals surface area contributed by atoms with Crippen LogP contribution in [0.1, 0.15) is 31.2 Å². The minimum atomic E-state index is -0.270. The smallest absolute Gasteiger partial charge is 0.181 e. The van der Waals surface area contributed by atoms with E-state index < -0.39 is 0 Å². The molecule has 0 aromatic heterocycles. The predicted molar refractivity (Wildman–Crippen MR) is 108 cm³/mol. The molecule has 3 unspecified atom stereocenters. The number of allylic oxidation sites excluding steroid dienone is 5. The summed E-state index contributed by atoms with van der Waals surface area (Å²) < 4.78 is 5.37. The monoisotopic (exact) mass is 373 g/mol. The highest BCUT2D eigenvalue weighted by atomic mass is 16.5. The van der Waals surface area contributed by atoms with Crippen molar-refractivity contribution in [1.82, 2.24) is 0 Å². The van der Waals surface area contributed by atoms with Crippen molar-refractivity contribution in [2.45, 2.75) is 38.1 Å². The van der Waals surface area contributed by atoms with Gasteiger partial charge >= 0.3 is 0 Å². The van der Waals surface area contributed by atoms with Crippen LogP contribution in [0.25, 0.3) is 0 Å². The van der Waals surface area contributed by atoms with Crippen LogP contribution in [0.3, 0.4) is 0 Å². The van der Waals surface area contributed by atoms with Crippen LogP contribution < -0.4 is 4.74 Å². The third-order valence-corrected chi connectivity index (χ3v) is 6.72. The van der Waals surface area contributed by atoms with Crippen molar-refractivity contribution in [3.8, 4) is 5.75 Å².